The average molecular weight is 190 g/mol. The molecule has 0 bridgehead atoms. The van der Waals surface area contributed by atoms with E-state index in [0.29, 0.717) is 0 Å². The largest absolute Gasteiger partial charge is 1.00 e. The predicted octanol–water partition coefficient (Wildman–Crippen LogP) is -5.02. The maximum absolute atomic E-state index is 10.9. The molecule has 0 aliphatic heterocycles. The molecule has 6 nitrogen and oxygen atoms in total. The molecule has 0 aliphatic rings. The minimum absolute atomic E-state index is 0. The maximum atomic E-state index is 10.9. The zero-order valence-corrected chi connectivity index (χ0v) is 8.72. The Labute approximate surface area is 93.5 Å². The molecule has 0 fully saturated rings. The van der Waals surface area contributed by atoms with Crippen molar-refractivity contribution in [2.45, 2.75) is 0 Å². The van der Waals surface area contributed by atoms with Crippen LogP contribution in [0, 0.1) is 5.21 Å². The van der Waals surface area contributed by atoms with Gasteiger partial charge in [0, 0.05) is 0 Å². The summed E-state index contributed by atoms with van der Waals surface area (Å²) in [5.74, 6) is 0. The van der Waals surface area contributed by atoms with Gasteiger partial charge in [0.2, 0.25) is 10.9 Å². The van der Waals surface area contributed by atoms with E-state index in [9.17, 15) is 14.8 Å². The molecule has 62 valence electrons. The predicted molar refractivity (Wildman–Crippen MR) is 37.6 cm³/mol. The Balaban J connectivity index is 0.00000144. The molecule has 0 aliphatic carbocycles. The zero-order chi connectivity index (χ0) is 9.14. The van der Waals surface area contributed by atoms with Crippen LogP contribution in [0.5, 0.6) is 0 Å². The third-order valence-corrected chi connectivity index (χ3v) is 1.27. The van der Waals surface area contributed by atoms with Crippen molar-refractivity contribution in [2.75, 3.05) is 0 Å². The molecule has 0 spiro atoms. The third-order valence-electron chi connectivity index (χ3n) is 1.27. The summed E-state index contributed by atoms with van der Waals surface area (Å²) in [6, 6.07) is 1.95. The van der Waals surface area contributed by atoms with Crippen molar-refractivity contribution in [2.24, 2.45) is 10.3 Å². The van der Waals surface area contributed by atoms with E-state index < -0.39 is 16.2 Å². The molecule has 0 amide bonds. The maximum Gasteiger partial charge on any atom is 1.00 e. The molecule has 7 heteroatoms. The molecule has 0 radical (unpaired) electrons. The van der Waals surface area contributed by atoms with Gasteiger partial charge < -0.3 is 15.6 Å². The SMILES string of the molecule is O=c1cc/c(=N/O)c(=O)/c1=N\[O-].[Na+]. The fourth-order valence-electron chi connectivity index (χ4n) is 0.708. The number of rotatable bonds is 0. The minimum atomic E-state index is -0.958. The van der Waals surface area contributed by atoms with Gasteiger partial charge in [-0.2, -0.15) is 0 Å². The first-order valence-electron chi connectivity index (χ1n) is 2.90. The summed E-state index contributed by atoms with van der Waals surface area (Å²) in [6.45, 7) is 0. The van der Waals surface area contributed by atoms with Gasteiger partial charge in [-0.1, -0.05) is 5.16 Å². The molecule has 0 aromatic heterocycles. The van der Waals surface area contributed by atoms with E-state index in [2.05, 4.69) is 10.3 Å². The molecular formula is C6H3N2NaO4. The van der Waals surface area contributed by atoms with Crippen LogP contribution in [0.15, 0.2) is 32.0 Å². The summed E-state index contributed by atoms with van der Waals surface area (Å²) in [7, 11) is 0. The monoisotopic (exact) mass is 190 g/mol. The van der Waals surface area contributed by atoms with E-state index in [1.54, 1.807) is 0 Å². The van der Waals surface area contributed by atoms with Crippen molar-refractivity contribution in [3.8, 4) is 0 Å². The van der Waals surface area contributed by atoms with Crippen molar-refractivity contribution in [1.82, 2.24) is 0 Å². The van der Waals surface area contributed by atoms with Crippen LogP contribution in [0.25, 0.3) is 0 Å². The van der Waals surface area contributed by atoms with Gasteiger partial charge in [0.15, 0.2) is 10.7 Å². The molecule has 0 heterocycles. The average Bonchev–Trinajstić information content (AvgIpc) is 2.06. The van der Waals surface area contributed by atoms with E-state index in [1.807, 2.05) is 0 Å². The van der Waals surface area contributed by atoms with E-state index in [1.165, 1.54) is 0 Å². The molecule has 13 heavy (non-hydrogen) atoms. The van der Waals surface area contributed by atoms with Crippen LogP contribution in [0.2, 0.25) is 0 Å². The molecule has 1 aromatic carbocycles. The van der Waals surface area contributed by atoms with E-state index in [-0.39, 0.29) is 34.9 Å². The summed E-state index contributed by atoms with van der Waals surface area (Å²) < 4.78 is 0. The van der Waals surface area contributed by atoms with Crippen molar-refractivity contribution >= 4 is 0 Å². The van der Waals surface area contributed by atoms with Crippen LogP contribution in [0.3, 0.4) is 0 Å². The van der Waals surface area contributed by atoms with Gasteiger partial charge in [-0.3, -0.25) is 9.59 Å². The summed E-state index contributed by atoms with van der Waals surface area (Å²) in [5.41, 5.74) is -1.73. The standard InChI is InChI=1S/C6H4N2O4.Na/c9-4-2-1-3(7-11)6(10)5(4)8-12;/h1-2,11-12H;/q;+1/p-1/b7-3-,8-5-;. The molecule has 1 aromatic rings. The molecule has 1 rings (SSSR count). The molecule has 0 atom stereocenters. The van der Waals surface area contributed by atoms with E-state index in [0.717, 1.165) is 12.1 Å². The number of hydrogen-bond donors (Lipinski definition) is 1. The fraction of sp³-hybridized carbons (Fsp3) is 0. The third kappa shape index (κ3) is 2.24. The van der Waals surface area contributed by atoms with Gasteiger partial charge in [-0.15, -0.1) is 0 Å². The van der Waals surface area contributed by atoms with Gasteiger partial charge >= 0.3 is 29.6 Å². The molecule has 0 unspecified atom stereocenters. The number of hydrogen-bond acceptors (Lipinski definition) is 6. The number of nitrogens with zero attached hydrogens (tertiary/aromatic N) is 2. The topological polar surface area (TPSA) is 102 Å². The van der Waals surface area contributed by atoms with Gasteiger partial charge in [0.05, 0.1) is 0 Å². The van der Waals surface area contributed by atoms with E-state index in [4.69, 9.17) is 5.21 Å². The minimum Gasteiger partial charge on any atom is -0.791 e. The zero-order valence-electron chi connectivity index (χ0n) is 6.72. The Morgan fingerprint density at radius 1 is 1.31 bits per heavy atom. The Morgan fingerprint density at radius 2 is 1.92 bits per heavy atom. The Hall–Kier alpha value is -0.980. The molecule has 0 saturated heterocycles. The Kier molecular flexibility index (Phi) is 4.53. The first-order valence-corrected chi connectivity index (χ1v) is 2.90. The van der Waals surface area contributed by atoms with Crippen LogP contribution in [0.4, 0.5) is 0 Å². The van der Waals surface area contributed by atoms with Crippen molar-refractivity contribution in [3.05, 3.63) is 48.5 Å². The van der Waals surface area contributed by atoms with Crippen LogP contribution >= 0.6 is 0 Å². The van der Waals surface area contributed by atoms with E-state index >= 15 is 0 Å². The molecule has 1 N–H and O–H groups in total. The van der Waals surface area contributed by atoms with Crippen molar-refractivity contribution in [3.63, 3.8) is 0 Å². The first-order chi connectivity index (χ1) is 5.70. The van der Waals surface area contributed by atoms with Gasteiger partial charge in [0.1, 0.15) is 0 Å². The normalized spacial score (nSPS) is 12.6. The van der Waals surface area contributed by atoms with Crippen LogP contribution in [-0.2, 0) is 0 Å². The fourth-order valence-corrected chi connectivity index (χ4v) is 0.708. The van der Waals surface area contributed by atoms with Crippen molar-refractivity contribution in [1.29, 1.82) is 0 Å². The summed E-state index contributed by atoms with van der Waals surface area (Å²) in [6.07, 6.45) is 0. The van der Waals surface area contributed by atoms with Gasteiger partial charge in [-0.25, -0.2) is 0 Å². The second-order valence-electron chi connectivity index (χ2n) is 1.95. The second kappa shape index (κ2) is 4.90. The van der Waals surface area contributed by atoms with Crippen LogP contribution in [0.1, 0.15) is 0 Å². The van der Waals surface area contributed by atoms with Gasteiger partial charge in [-0.05, 0) is 12.1 Å². The van der Waals surface area contributed by atoms with Gasteiger partial charge in [0.25, 0.3) is 0 Å². The molecular weight excluding hydrogens is 187 g/mol. The smallest absolute Gasteiger partial charge is 0.791 e. The summed E-state index contributed by atoms with van der Waals surface area (Å²) in [4.78, 5) is 21.6. The number of benzene rings is 1. The van der Waals surface area contributed by atoms with Crippen molar-refractivity contribution < 1.29 is 34.8 Å². The summed E-state index contributed by atoms with van der Waals surface area (Å²) in [5, 5.41) is 21.8. The molecule has 0 saturated carbocycles. The summed E-state index contributed by atoms with van der Waals surface area (Å²) >= 11 is 0. The Morgan fingerprint density at radius 3 is 2.38 bits per heavy atom. The quantitative estimate of drug-likeness (QED) is 0.251. The second-order valence-corrected chi connectivity index (χ2v) is 1.95. The first kappa shape index (κ1) is 12.0. The Bertz CT molecular complexity index is 501. The van der Waals surface area contributed by atoms with Crippen LogP contribution < -0.4 is 51.1 Å². The van der Waals surface area contributed by atoms with Crippen LogP contribution in [-0.4, -0.2) is 5.21 Å².